The maximum Gasteiger partial charge on any atom is 0.305 e. The van der Waals surface area contributed by atoms with Crippen LogP contribution in [0.4, 0.5) is 0 Å². The first-order chi connectivity index (χ1) is 13.2. The zero-order valence-corrected chi connectivity index (χ0v) is 18.1. The van der Waals surface area contributed by atoms with Crippen molar-refractivity contribution >= 4 is 11.9 Å². The van der Waals surface area contributed by atoms with Gasteiger partial charge in [-0.15, -0.1) is 0 Å². The van der Waals surface area contributed by atoms with E-state index in [0.717, 1.165) is 19.3 Å². The molecule has 0 bridgehead atoms. The first-order valence-electron chi connectivity index (χ1n) is 11.4. The number of unbranched alkanes of at least 4 members (excludes halogenated alkanes) is 16. The van der Waals surface area contributed by atoms with Crippen LogP contribution in [-0.4, -0.2) is 25.7 Å². The molecular weight excluding hydrogens is 340 g/mol. The van der Waals surface area contributed by atoms with Crippen LogP contribution < -0.4 is 0 Å². The second kappa shape index (κ2) is 21.2. The van der Waals surface area contributed by atoms with Crippen molar-refractivity contribution < 1.29 is 19.1 Å². The van der Waals surface area contributed by atoms with E-state index in [9.17, 15) is 9.59 Å². The lowest BCUT2D eigenvalue weighted by molar-refractivity contribution is -0.141. The van der Waals surface area contributed by atoms with Gasteiger partial charge in [0.25, 0.3) is 0 Å². The number of hydrogen-bond donors (Lipinski definition) is 0. The van der Waals surface area contributed by atoms with Crippen LogP contribution in [0.3, 0.4) is 0 Å². The highest BCUT2D eigenvalue weighted by atomic mass is 16.5. The van der Waals surface area contributed by atoms with Crippen molar-refractivity contribution in [3.8, 4) is 0 Å². The van der Waals surface area contributed by atoms with E-state index in [0.29, 0.717) is 13.0 Å². The Hall–Kier alpha value is -1.06. The zero-order valence-electron chi connectivity index (χ0n) is 18.1. The fourth-order valence-corrected chi connectivity index (χ4v) is 3.34. The fourth-order valence-electron chi connectivity index (χ4n) is 3.34. The minimum Gasteiger partial charge on any atom is -0.469 e. The largest absolute Gasteiger partial charge is 0.469 e. The monoisotopic (exact) mass is 384 g/mol. The Labute approximate surface area is 167 Å². The van der Waals surface area contributed by atoms with Crippen molar-refractivity contribution in [3.63, 3.8) is 0 Å². The maximum absolute atomic E-state index is 11.0. The van der Waals surface area contributed by atoms with Crippen LogP contribution in [0, 0.1) is 0 Å². The first kappa shape index (κ1) is 25.9. The van der Waals surface area contributed by atoms with E-state index in [1.165, 1.54) is 104 Å². The maximum atomic E-state index is 11.0. The molecule has 0 spiro atoms. The second-order valence-corrected chi connectivity index (χ2v) is 7.68. The molecule has 0 unspecified atom stereocenters. The molecule has 0 aromatic heterocycles. The van der Waals surface area contributed by atoms with E-state index in [2.05, 4.69) is 4.74 Å². The number of ether oxygens (including phenoxy) is 2. The third kappa shape index (κ3) is 22.9. The Morgan fingerprint density at radius 1 is 0.556 bits per heavy atom. The third-order valence-electron chi connectivity index (χ3n) is 5.06. The number of methoxy groups -OCH3 is 1. The zero-order chi connectivity index (χ0) is 20.0. The molecule has 0 amide bonds. The average molecular weight is 385 g/mol. The molecule has 0 aromatic carbocycles. The number of esters is 2. The highest BCUT2D eigenvalue weighted by molar-refractivity contribution is 5.68. The smallest absolute Gasteiger partial charge is 0.305 e. The Morgan fingerprint density at radius 3 is 1.22 bits per heavy atom. The number of hydrogen-bond acceptors (Lipinski definition) is 4. The number of rotatable bonds is 20. The van der Waals surface area contributed by atoms with Crippen LogP contribution in [0.2, 0.25) is 0 Å². The van der Waals surface area contributed by atoms with Gasteiger partial charge in [0.05, 0.1) is 13.7 Å². The molecule has 27 heavy (non-hydrogen) atoms. The van der Waals surface area contributed by atoms with Gasteiger partial charge in [-0.1, -0.05) is 96.3 Å². The van der Waals surface area contributed by atoms with E-state index in [4.69, 9.17) is 4.74 Å². The van der Waals surface area contributed by atoms with Gasteiger partial charge in [-0.25, -0.2) is 0 Å². The Kier molecular flexibility index (Phi) is 20.4. The molecule has 0 aliphatic heterocycles. The summed E-state index contributed by atoms with van der Waals surface area (Å²) in [6.45, 7) is 2.06. The lowest BCUT2D eigenvalue weighted by atomic mass is 10.0. The van der Waals surface area contributed by atoms with Crippen LogP contribution in [0.5, 0.6) is 0 Å². The summed E-state index contributed by atoms with van der Waals surface area (Å²) in [5, 5.41) is 0. The molecule has 0 radical (unpaired) electrons. The van der Waals surface area contributed by atoms with E-state index >= 15 is 0 Å². The molecule has 4 nitrogen and oxygen atoms in total. The van der Waals surface area contributed by atoms with Gasteiger partial charge in [-0.3, -0.25) is 9.59 Å². The standard InChI is InChI=1S/C23H44O4/c1-22(24)27-21-19-17-15-13-11-9-7-5-3-4-6-8-10-12-14-16-18-20-23(25)26-2/h3-21H2,1-2H3. The van der Waals surface area contributed by atoms with E-state index in [1.54, 1.807) is 0 Å². The predicted molar refractivity (Wildman–Crippen MR) is 112 cm³/mol. The minimum absolute atomic E-state index is 0.0775. The fraction of sp³-hybridized carbons (Fsp3) is 0.913. The molecule has 0 heterocycles. The lowest BCUT2D eigenvalue weighted by Crippen LogP contribution is -2.00. The van der Waals surface area contributed by atoms with Crippen molar-refractivity contribution in [2.75, 3.05) is 13.7 Å². The van der Waals surface area contributed by atoms with Crippen LogP contribution >= 0.6 is 0 Å². The molecule has 0 fully saturated rings. The molecule has 0 saturated carbocycles. The third-order valence-corrected chi connectivity index (χ3v) is 5.06. The minimum atomic E-state index is -0.164. The summed E-state index contributed by atoms with van der Waals surface area (Å²) in [5.41, 5.74) is 0. The van der Waals surface area contributed by atoms with E-state index in [1.807, 2.05) is 0 Å². The average Bonchev–Trinajstić information content (AvgIpc) is 2.65. The summed E-state index contributed by atoms with van der Waals surface area (Å²) in [6, 6.07) is 0. The van der Waals surface area contributed by atoms with Crippen molar-refractivity contribution in [2.24, 2.45) is 0 Å². The molecule has 0 atom stereocenters. The molecule has 0 saturated heterocycles. The van der Waals surface area contributed by atoms with Crippen molar-refractivity contribution in [3.05, 3.63) is 0 Å². The highest BCUT2D eigenvalue weighted by Gasteiger charge is 1.99. The predicted octanol–water partition coefficient (Wildman–Crippen LogP) is 6.74. The normalized spacial score (nSPS) is 10.7. The highest BCUT2D eigenvalue weighted by Crippen LogP contribution is 2.14. The molecule has 0 aliphatic rings. The topological polar surface area (TPSA) is 52.6 Å². The van der Waals surface area contributed by atoms with Crippen LogP contribution in [-0.2, 0) is 19.1 Å². The van der Waals surface area contributed by atoms with Crippen molar-refractivity contribution in [1.29, 1.82) is 0 Å². The Morgan fingerprint density at radius 2 is 0.889 bits per heavy atom. The lowest BCUT2D eigenvalue weighted by Gasteiger charge is -2.04. The van der Waals surface area contributed by atoms with Gasteiger partial charge in [-0.05, 0) is 12.8 Å². The summed E-state index contributed by atoms with van der Waals surface area (Å²) in [7, 11) is 1.46. The summed E-state index contributed by atoms with van der Waals surface area (Å²) in [5.74, 6) is -0.242. The summed E-state index contributed by atoms with van der Waals surface area (Å²) < 4.78 is 9.57. The van der Waals surface area contributed by atoms with Gasteiger partial charge in [0.15, 0.2) is 0 Å². The molecule has 4 heteroatoms. The van der Waals surface area contributed by atoms with Crippen LogP contribution in [0.15, 0.2) is 0 Å². The molecule has 0 aliphatic carbocycles. The first-order valence-corrected chi connectivity index (χ1v) is 11.4. The summed E-state index contributed by atoms with van der Waals surface area (Å²) in [6.07, 6.45) is 22.4. The molecular formula is C23H44O4. The van der Waals surface area contributed by atoms with Crippen LogP contribution in [0.25, 0.3) is 0 Å². The molecule has 0 N–H and O–H groups in total. The summed E-state index contributed by atoms with van der Waals surface area (Å²) in [4.78, 5) is 21.6. The quantitative estimate of drug-likeness (QED) is 0.172. The van der Waals surface area contributed by atoms with Crippen molar-refractivity contribution in [1.82, 2.24) is 0 Å². The molecule has 160 valence electrons. The molecule has 0 aromatic rings. The number of carbonyl (C=O) groups excluding carboxylic acids is 2. The van der Waals surface area contributed by atoms with Gasteiger partial charge in [0.2, 0.25) is 0 Å². The second-order valence-electron chi connectivity index (χ2n) is 7.68. The van der Waals surface area contributed by atoms with Gasteiger partial charge in [0.1, 0.15) is 0 Å². The Balaban J connectivity index is 3.03. The van der Waals surface area contributed by atoms with Crippen molar-refractivity contribution in [2.45, 2.75) is 122 Å². The van der Waals surface area contributed by atoms with Gasteiger partial charge in [-0.2, -0.15) is 0 Å². The van der Waals surface area contributed by atoms with E-state index < -0.39 is 0 Å². The van der Waals surface area contributed by atoms with Crippen LogP contribution in [0.1, 0.15) is 122 Å². The molecule has 0 rings (SSSR count). The SMILES string of the molecule is COC(=O)CCCCCCCCCCCCCCCCCCCOC(C)=O. The Bertz CT molecular complexity index is 341. The number of carbonyl (C=O) groups is 2. The van der Waals surface area contributed by atoms with Gasteiger partial charge < -0.3 is 9.47 Å². The van der Waals surface area contributed by atoms with Gasteiger partial charge in [0, 0.05) is 13.3 Å². The summed E-state index contributed by atoms with van der Waals surface area (Å²) >= 11 is 0. The van der Waals surface area contributed by atoms with E-state index in [-0.39, 0.29) is 11.9 Å². The van der Waals surface area contributed by atoms with Gasteiger partial charge >= 0.3 is 11.9 Å².